The zero-order valence-electron chi connectivity index (χ0n) is 10.0. The summed E-state index contributed by atoms with van der Waals surface area (Å²) in [6.07, 6.45) is 3.31. The molecule has 0 atom stereocenters. The molecule has 1 heterocycles. The number of benzene rings is 1. The minimum Gasteiger partial charge on any atom is -0.460 e. The number of rotatable bonds is 1. The van der Waals surface area contributed by atoms with Crippen molar-refractivity contribution in [2.75, 3.05) is 0 Å². The lowest BCUT2D eigenvalue weighted by atomic mass is 9.85. The summed E-state index contributed by atoms with van der Waals surface area (Å²) in [5.41, 5.74) is 2.22. The lowest BCUT2D eigenvalue weighted by Gasteiger charge is -2.19. The molecule has 0 amide bonds. The smallest absolute Gasteiger partial charge is 0.134 e. The Balaban J connectivity index is 2.00. The van der Waals surface area contributed by atoms with E-state index < -0.39 is 0 Å². The van der Waals surface area contributed by atoms with Crippen molar-refractivity contribution in [3.8, 4) is 0 Å². The zero-order chi connectivity index (χ0) is 11.8. The van der Waals surface area contributed by atoms with Crippen LogP contribution in [0.15, 0.2) is 28.7 Å². The predicted octanol–water partition coefficient (Wildman–Crippen LogP) is 3.97. The SMILES string of the molecule is Cc1c(C2CCC(=O)CC2)oc2ccccc12. The summed E-state index contributed by atoms with van der Waals surface area (Å²) in [4.78, 5) is 11.3. The number of aryl methyl sites for hydroxylation is 1. The number of hydrogen-bond acceptors (Lipinski definition) is 2. The maximum atomic E-state index is 11.3. The molecule has 2 nitrogen and oxygen atoms in total. The first-order valence-corrected chi connectivity index (χ1v) is 6.25. The van der Waals surface area contributed by atoms with Gasteiger partial charge in [0.05, 0.1) is 0 Å². The van der Waals surface area contributed by atoms with E-state index in [1.165, 1.54) is 10.9 Å². The monoisotopic (exact) mass is 228 g/mol. The van der Waals surface area contributed by atoms with Gasteiger partial charge in [-0.3, -0.25) is 4.79 Å². The average molecular weight is 228 g/mol. The third kappa shape index (κ3) is 1.78. The van der Waals surface area contributed by atoms with Crippen molar-refractivity contribution in [1.29, 1.82) is 0 Å². The minimum absolute atomic E-state index is 0.398. The van der Waals surface area contributed by atoms with Crippen LogP contribution in [0.4, 0.5) is 0 Å². The first kappa shape index (κ1) is 10.6. The summed E-state index contributed by atoms with van der Waals surface area (Å²) in [6, 6.07) is 8.16. The topological polar surface area (TPSA) is 30.2 Å². The lowest BCUT2D eigenvalue weighted by Crippen LogP contribution is -2.12. The summed E-state index contributed by atoms with van der Waals surface area (Å²) in [7, 11) is 0. The molecular weight excluding hydrogens is 212 g/mol. The van der Waals surface area contributed by atoms with Gasteiger partial charge in [0.15, 0.2) is 0 Å². The second-order valence-electron chi connectivity index (χ2n) is 4.90. The molecule has 1 aliphatic rings. The Bertz CT molecular complexity index is 555. The van der Waals surface area contributed by atoms with Crippen LogP contribution in [0.5, 0.6) is 0 Å². The van der Waals surface area contributed by atoms with Gasteiger partial charge in [0.1, 0.15) is 17.1 Å². The molecule has 1 aromatic carbocycles. The van der Waals surface area contributed by atoms with Gasteiger partial charge in [-0.1, -0.05) is 18.2 Å². The van der Waals surface area contributed by atoms with Crippen LogP contribution < -0.4 is 0 Å². The van der Waals surface area contributed by atoms with E-state index in [9.17, 15) is 4.79 Å². The summed E-state index contributed by atoms with van der Waals surface area (Å²) in [6.45, 7) is 2.12. The third-order valence-corrected chi connectivity index (χ3v) is 3.79. The Morgan fingerprint density at radius 1 is 1.18 bits per heavy atom. The lowest BCUT2D eigenvalue weighted by molar-refractivity contribution is -0.120. The van der Waals surface area contributed by atoms with E-state index in [-0.39, 0.29) is 0 Å². The van der Waals surface area contributed by atoms with Crippen molar-refractivity contribution in [3.63, 3.8) is 0 Å². The molecule has 1 aromatic heterocycles. The van der Waals surface area contributed by atoms with Gasteiger partial charge in [-0.25, -0.2) is 0 Å². The van der Waals surface area contributed by atoms with Crippen LogP contribution in [0.3, 0.4) is 0 Å². The molecule has 0 N–H and O–H groups in total. The first-order chi connectivity index (χ1) is 8.25. The molecule has 1 fully saturated rings. The van der Waals surface area contributed by atoms with Crippen LogP contribution in [-0.2, 0) is 4.79 Å². The standard InChI is InChI=1S/C15H16O2/c1-10-13-4-2-3-5-14(13)17-15(10)11-6-8-12(16)9-7-11/h2-5,11H,6-9H2,1H3. The highest BCUT2D eigenvalue weighted by Crippen LogP contribution is 2.37. The highest BCUT2D eigenvalue weighted by atomic mass is 16.3. The summed E-state index contributed by atoms with van der Waals surface area (Å²) < 4.78 is 5.96. The Labute approximate surface area is 101 Å². The van der Waals surface area contributed by atoms with E-state index in [1.54, 1.807) is 0 Å². The summed E-state index contributed by atoms with van der Waals surface area (Å²) in [5, 5.41) is 1.21. The van der Waals surface area contributed by atoms with Gasteiger partial charge in [0.25, 0.3) is 0 Å². The van der Waals surface area contributed by atoms with Crippen molar-refractivity contribution >= 4 is 16.8 Å². The van der Waals surface area contributed by atoms with E-state index in [2.05, 4.69) is 13.0 Å². The molecule has 88 valence electrons. The maximum Gasteiger partial charge on any atom is 0.134 e. The van der Waals surface area contributed by atoms with Gasteiger partial charge >= 0.3 is 0 Å². The second kappa shape index (κ2) is 4.02. The third-order valence-electron chi connectivity index (χ3n) is 3.79. The van der Waals surface area contributed by atoms with E-state index in [0.717, 1.165) is 24.2 Å². The van der Waals surface area contributed by atoms with E-state index in [4.69, 9.17) is 4.42 Å². The Hall–Kier alpha value is -1.57. The fraction of sp³-hybridized carbons (Fsp3) is 0.400. The number of hydrogen-bond donors (Lipinski definition) is 0. The first-order valence-electron chi connectivity index (χ1n) is 6.25. The number of ketones is 1. The van der Waals surface area contributed by atoms with E-state index in [1.807, 2.05) is 18.2 Å². The minimum atomic E-state index is 0.398. The van der Waals surface area contributed by atoms with Crippen LogP contribution in [0.1, 0.15) is 42.9 Å². The van der Waals surface area contributed by atoms with Crippen LogP contribution in [-0.4, -0.2) is 5.78 Å². The zero-order valence-corrected chi connectivity index (χ0v) is 10.0. The van der Waals surface area contributed by atoms with Gasteiger partial charge in [-0.05, 0) is 31.4 Å². The highest BCUT2D eigenvalue weighted by Gasteiger charge is 2.25. The fourth-order valence-corrected chi connectivity index (χ4v) is 2.78. The Morgan fingerprint density at radius 3 is 2.59 bits per heavy atom. The number of Topliss-reactive ketones (excluding diaryl/α,β-unsaturated/α-hetero) is 1. The quantitative estimate of drug-likeness (QED) is 0.739. The van der Waals surface area contributed by atoms with Gasteiger partial charge < -0.3 is 4.42 Å². The molecule has 0 bridgehead atoms. The summed E-state index contributed by atoms with van der Waals surface area (Å²) in [5.74, 6) is 1.92. The average Bonchev–Trinajstić information content (AvgIpc) is 2.69. The van der Waals surface area contributed by atoms with Gasteiger partial charge in [-0.15, -0.1) is 0 Å². The largest absolute Gasteiger partial charge is 0.460 e. The Morgan fingerprint density at radius 2 is 1.88 bits per heavy atom. The van der Waals surface area contributed by atoms with Crippen LogP contribution in [0.25, 0.3) is 11.0 Å². The number of para-hydroxylation sites is 1. The molecule has 1 saturated carbocycles. The molecule has 2 aromatic rings. The predicted molar refractivity (Wildman–Crippen MR) is 67.2 cm³/mol. The van der Waals surface area contributed by atoms with Crippen molar-refractivity contribution in [2.24, 2.45) is 0 Å². The maximum absolute atomic E-state index is 11.3. The molecule has 2 heteroatoms. The molecule has 0 unspecified atom stereocenters. The van der Waals surface area contributed by atoms with Crippen LogP contribution in [0.2, 0.25) is 0 Å². The molecule has 1 aliphatic carbocycles. The van der Waals surface area contributed by atoms with E-state index in [0.29, 0.717) is 24.5 Å². The van der Waals surface area contributed by atoms with Crippen molar-refractivity contribution in [3.05, 3.63) is 35.6 Å². The van der Waals surface area contributed by atoms with Gasteiger partial charge in [0.2, 0.25) is 0 Å². The van der Waals surface area contributed by atoms with Crippen LogP contribution >= 0.6 is 0 Å². The number of carbonyl (C=O) groups excluding carboxylic acids is 1. The number of carbonyl (C=O) groups is 1. The molecule has 3 rings (SSSR count). The molecule has 0 aliphatic heterocycles. The van der Waals surface area contributed by atoms with Gasteiger partial charge in [0, 0.05) is 24.1 Å². The molecular formula is C15H16O2. The summed E-state index contributed by atoms with van der Waals surface area (Å²) >= 11 is 0. The second-order valence-corrected chi connectivity index (χ2v) is 4.90. The molecule has 0 saturated heterocycles. The molecule has 0 spiro atoms. The fourth-order valence-electron chi connectivity index (χ4n) is 2.78. The van der Waals surface area contributed by atoms with Crippen molar-refractivity contribution < 1.29 is 9.21 Å². The van der Waals surface area contributed by atoms with Crippen molar-refractivity contribution in [1.82, 2.24) is 0 Å². The normalized spacial score (nSPS) is 17.8. The van der Waals surface area contributed by atoms with Crippen molar-refractivity contribution in [2.45, 2.75) is 38.5 Å². The van der Waals surface area contributed by atoms with Gasteiger partial charge in [-0.2, -0.15) is 0 Å². The van der Waals surface area contributed by atoms with Crippen LogP contribution in [0, 0.1) is 6.92 Å². The highest BCUT2D eigenvalue weighted by molar-refractivity contribution is 5.82. The van der Waals surface area contributed by atoms with E-state index >= 15 is 0 Å². The molecule has 17 heavy (non-hydrogen) atoms. The Kier molecular flexibility index (Phi) is 2.50. The molecule has 0 radical (unpaired) electrons. The number of fused-ring (bicyclic) bond motifs is 1. The number of furan rings is 1.